The first kappa shape index (κ1) is 23.3. The summed E-state index contributed by atoms with van der Waals surface area (Å²) in [5.41, 5.74) is 6.39. The average molecular weight is 519 g/mol. The van der Waals surface area contributed by atoms with Crippen LogP contribution in [0.2, 0.25) is 0 Å². The predicted octanol–water partition coefficient (Wildman–Crippen LogP) is 5.24. The number of aromatic nitrogens is 1. The Balaban J connectivity index is 1.64. The van der Waals surface area contributed by atoms with Crippen molar-refractivity contribution in [3.05, 3.63) is 94.1 Å². The maximum Gasteiger partial charge on any atom is 0.328 e. The number of benzene rings is 3. The van der Waals surface area contributed by atoms with E-state index in [1.807, 2.05) is 50.2 Å². The van der Waals surface area contributed by atoms with E-state index in [9.17, 15) is 14.4 Å². The third-order valence-electron chi connectivity index (χ3n) is 5.46. The molecule has 3 N–H and O–H groups in total. The highest BCUT2D eigenvalue weighted by molar-refractivity contribution is 9.10. The second-order valence-corrected chi connectivity index (χ2v) is 8.66. The molecule has 172 valence electrons. The molecule has 34 heavy (non-hydrogen) atoms. The summed E-state index contributed by atoms with van der Waals surface area (Å²) in [6.45, 7) is 3.86. The SMILES string of the molecule is CCc1ccccc1NC(=O)C(=O)Nn1c(C(=O)Nc2ccccc2C)cc2cc(Br)ccc21. The Morgan fingerprint density at radius 2 is 1.56 bits per heavy atom. The number of anilines is 2. The number of halogens is 1. The van der Waals surface area contributed by atoms with E-state index in [0.717, 1.165) is 21.0 Å². The molecule has 0 bridgehead atoms. The molecule has 7 nitrogen and oxygen atoms in total. The van der Waals surface area contributed by atoms with Crippen LogP contribution in [-0.2, 0) is 16.0 Å². The third kappa shape index (κ3) is 4.87. The minimum absolute atomic E-state index is 0.187. The lowest BCUT2D eigenvalue weighted by Crippen LogP contribution is -2.36. The van der Waals surface area contributed by atoms with Crippen molar-refractivity contribution in [1.82, 2.24) is 4.68 Å². The summed E-state index contributed by atoms with van der Waals surface area (Å²) in [5, 5.41) is 6.25. The summed E-state index contributed by atoms with van der Waals surface area (Å²) in [6, 6.07) is 21.8. The highest BCUT2D eigenvalue weighted by Gasteiger charge is 2.22. The van der Waals surface area contributed by atoms with Crippen LogP contribution in [0, 0.1) is 6.92 Å². The van der Waals surface area contributed by atoms with E-state index in [1.54, 1.807) is 36.4 Å². The molecule has 0 saturated heterocycles. The molecule has 8 heteroatoms. The number of nitrogens with zero attached hydrogens (tertiary/aromatic N) is 1. The number of carbonyl (C=O) groups excluding carboxylic acids is 3. The molecule has 0 atom stereocenters. The number of rotatable bonds is 5. The predicted molar refractivity (Wildman–Crippen MR) is 138 cm³/mol. The Kier molecular flexibility index (Phi) is 6.79. The largest absolute Gasteiger partial charge is 0.328 e. The molecule has 3 amide bonds. The Bertz CT molecular complexity index is 1410. The van der Waals surface area contributed by atoms with Gasteiger partial charge in [0.1, 0.15) is 5.69 Å². The van der Waals surface area contributed by atoms with Gasteiger partial charge in [0, 0.05) is 21.2 Å². The van der Waals surface area contributed by atoms with Crippen LogP contribution in [-0.4, -0.2) is 22.4 Å². The van der Waals surface area contributed by atoms with Crippen LogP contribution in [0.25, 0.3) is 10.9 Å². The van der Waals surface area contributed by atoms with E-state index < -0.39 is 17.7 Å². The zero-order valence-corrected chi connectivity index (χ0v) is 20.3. The molecular formula is C26H23BrN4O3. The Morgan fingerprint density at radius 1 is 0.853 bits per heavy atom. The molecule has 1 heterocycles. The molecule has 0 fully saturated rings. The van der Waals surface area contributed by atoms with Crippen molar-refractivity contribution < 1.29 is 14.4 Å². The monoisotopic (exact) mass is 518 g/mol. The lowest BCUT2D eigenvalue weighted by molar-refractivity contribution is -0.133. The number of hydrogen-bond acceptors (Lipinski definition) is 3. The molecule has 4 rings (SSSR count). The van der Waals surface area contributed by atoms with Gasteiger partial charge in [0.05, 0.1) is 5.52 Å². The zero-order chi connectivity index (χ0) is 24.2. The first-order valence-corrected chi connectivity index (χ1v) is 11.5. The van der Waals surface area contributed by atoms with Crippen molar-refractivity contribution >= 4 is 55.9 Å². The summed E-state index contributed by atoms with van der Waals surface area (Å²) >= 11 is 3.43. The van der Waals surface area contributed by atoms with E-state index in [2.05, 4.69) is 32.0 Å². The normalized spacial score (nSPS) is 10.7. The quantitative estimate of drug-likeness (QED) is 0.315. The average Bonchev–Trinajstić information content (AvgIpc) is 3.18. The highest BCUT2D eigenvalue weighted by Crippen LogP contribution is 2.24. The molecule has 0 spiro atoms. The molecule has 4 aromatic rings. The van der Waals surface area contributed by atoms with E-state index in [1.165, 1.54) is 4.68 Å². The summed E-state index contributed by atoms with van der Waals surface area (Å²) in [4.78, 5) is 38.7. The molecule has 1 aromatic heterocycles. The number of hydrogen-bond donors (Lipinski definition) is 3. The maximum atomic E-state index is 13.2. The molecule has 0 aliphatic rings. The number of amides is 3. The van der Waals surface area contributed by atoms with Gasteiger partial charge in [-0.05, 0) is 60.9 Å². The van der Waals surface area contributed by atoms with Gasteiger partial charge in [-0.25, -0.2) is 4.68 Å². The molecule has 0 unspecified atom stereocenters. The van der Waals surface area contributed by atoms with Crippen LogP contribution >= 0.6 is 15.9 Å². The highest BCUT2D eigenvalue weighted by atomic mass is 79.9. The second-order valence-electron chi connectivity index (χ2n) is 7.74. The molecule has 0 aliphatic heterocycles. The number of aryl methyl sites for hydroxylation is 2. The number of para-hydroxylation sites is 2. The Morgan fingerprint density at radius 3 is 2.29 bits per heavy atom. The van der Waals surface area contributed by atoms with Crippen LogP contribution in [0.1, 0.15) is 28.5 Å². The van der Waals surface area contributed by atoms with Gasteiger partial charge in [0.15, 0.2) is 0 Å². The smallest absolute Gasteiger partial charge is 0.320 e. The van der Waals surface area contributed by atoms with Crippen LogP contribution in [0.4, 0.5) is 11.4 Å². The maximum absolute atomic E-state index is 13.2. The lowest BCUT2D eigenvalue weighted by atomic mass is 10.1. The van der Waals surface area contributed by atoms with Gasteiger partial charge >= 0.3 is 11.8 Å². The standard InChI is InChI=1S/C26H23BrN4O3/c1-3-17-9-5-7-11-21(17)29-25(33)26(34)30-31-22-13-12-19(27)14-18(22)15-23(31)24(32)28-20-10-6-4-8-16(20)2/h4-15H,3H2,1-2H3,(H,28,32)(H,29,33)(H,30,34). The fourth-order valence-electron chi connectivity index (χ4n) is 3.66. The van der Waals surface area contributed by atoms with Crippen LogP contribution < -0.4 is 16.1 Å². The summed E-state index contributed by atoms with van der Waals surface area (Å²) < 4.78 is 2.16. The summed E-state index contributed by atoms with van der Waals surface area (Å²) in [7, 11) is 0. The fraction of sp³-hybridized carbons (Fsp3) is 0.115. The van der Waals surface area contributed by atoms with Gasteiger partial charge in [-0.3, -0.25) is 19.8 Å². The van der Waals surface area contributed by atoms with Crippen molar-refractivity contribution in [3.8, 4) is 0 Å². The van der Waals surface area contributed by atoms with Crippen molar-refractivity contribution in [1.29, 1.82) is 0 Å². The van der Waals surface area contributed by atoms with Crippen molar-refractivity contribution in [2.24, 2.45) is 0 Å². The third-order valence-corrected chi connectivity index (χ3v) is 5.95. The molecular weight excluding hydrogens is 496 g/mol. The zero-order valence-electron chi connectivity index (χ0n) is 18.7. The van der Waals surface area contributed by atoms with Crippen molar-refractivity contribution in [2.45, 2.75) is 20.3 Å². The Hall–Kier alpha value is -3.91. The van der Waals surface area contributed by atoms with E-state index in [4.69, 9.17) is 0 Å². The van der Waals surface area contributed by atoms with E-state index >= 15 is 0 Å². The number of fused-ring (bicyclic) bond motifs is 1. The van der Waals surface area contributed by atoms with Gasteiger partial charge in [-0.1, -0.05) is 59.3 Å². The minimum atomic E-state index is -0.892. The first-order valence-electron chi connectivity index (χ1n) is 10.8. The molecule has 3 aromatic carbocycles. The number of carbonyl (C=O) groups is 3. The van der Waals surface area contributed by atoms with E-state index in [-0.39, 0.29) is 5.69 Å². The Labute approximate surface area is 205 Å². The van der Waals surface area contributed by atoms with Crippen LogP contribution in [0.3, 0.4) is 0 Å². The molecule has 0 saturated carbocycles. The fourth-order valence-corrected chi connectivity index (χ4v) is 4.03. The first-order chi connectivity index (χ1) is 16.4. The summed E-state index contributed by atoms with van der Waals surface area (Å²) in [6.07, 6.45) is 0.707. The van der Waals surface area contributed by atoms with E-state index in [0.29, 0.717) is 23.3 Å². The van der Waals surface area contributed by atoms with Crippen molar-refractivity contribution in [2.75, 3.05) is 16.1 Å². The van der Waals surface area contributed by atoms with Gasteiger partial charge in [0.2, 0.25) is 0 Å². The van der Waals surface area contributed by atoms with Gasteiger partial charge < -0.3 is 10.6 Å². The molecule has 0 radical (unpaired) electrons. The van der Waals surface area contributed by atoms with Crippen LogP contribution in [0.5, 0.6) is 0 Å². The molecule has 0 aliphatic carbocycles. The topological polar surface area (TPSA) is 92.2 Å². The lowest BCUT2D eigenvalue weighted by Gasteiger charge is -2.14. The van der Waals surface area contributed by atoms with Crippen LogP contribution in [0.15, 0.2) is 77.3 Å². The van der Waals surface area contributed by atoms with Crippen molar-refractivity contribution in [3.63, 3.8) is 0 Å². The van der Waals surface area contributed by atoms with Gasteiger partial charge in [0.25, 0.3) is 5.91 Å². The second kappa shape index (κ2) is 9.93. The van der Waals surface area contributed by atoms with Gasteiger partial charge in [-0.15, -0.1) is 0 Å². The van der Waals surface area contributed by atoms with Gasteiger partial charge in [-0.2, -0.15) is 0 Å². The minimum Gasteiger partial charge on any atom is -0.320 e. The summed E-state index contributed by atoms with van der Waals surface area (Å²) in [5.74, 6) is -2.14. The number of nitrogens with one attached hydrogen (secondary N) is 3.